The van der Waals surface area contributed by atoms with Crippen LogP contribution in [0.2, 0.25) is 0 Å². The molecule has 0 rings (SSSR count). The molecule has 86 valence electrons. The molecular weight excluding hydrogens is 221 g/mol. The van der Waals surface area contributed by atoms with Gasteiger partial charge in [-0.1, -0.05) is 6.42 Å². The summed E-state index contributed by atoms with van der Waals surface area (Å²) in [6.07, 6.45) is 1.95. The Kier molecular flexibility index (Phi) is 5.70. The predicted molar refractivity (Wildman–Crippen MR) is 61.8 cm³/mol. The number of thiol groups is 1. The fourth-order valence-electron chi connectivity index (χ4n) is 1.04. The first kappa shape index (κ1) is 14.5. The quantitative estimate of drug-likeness (QED) is 0.321. The molecule has 0 aromatic carbocycles. The Morgan fingerprint density at radius 3 is 2.29 bits per heavy atom. The molecule has 0 aliphatic rings. The van der Waals surface area contributed by atoms with E-state index in [1.165, 1.54) is 0 Å². The van der Waals surface area contributed by atoms with Crippen LogP contribution in [0.4, 0.5) is 0 Å². The molecule has 0 bridgehead atoms. The van der Waals surface area contributed by atoms with E-state index in [1.54, 1.807) is 0 Å². The van der Waals surface area contributed by atoms with Gasteiger partial charge in [-0.3, -0.25) is 4.57 Å². The molecule has 4 nitrogen and oxygen atoms in total. The molecule has 0 aliphatic carbocycles. The van der Waals surface area contributed by atoms with Crippen molar-refractivity contribution in [3.8, 4) is 0 Å². The average molecular weight is 241 g/mol. The highest BCUT2D eigenvalue weighted by molar-refractivity contribution is 7.81. The van der Waals surface area contributed by atoms with Crippen LogP contribution < -0.4 is 5.73 Å². The predicted octanol–water partition coefficient (Wildman–Crippen LogP) is 1.37. The molecule has 0 radical (unpaired) electrons. The van der Waals surface area contributed by atoms with Crippen molar-refractivity contribution < 1.29 is 14.4 Å². The highest BCUT2D eigenvalue weighted by Crippen LogP contribution is 2.35. The van der Waals surface area contributed by atoms with Gasteiger partial charge in [0.2, 0.25) is 0 Å². The molecule has 0 heterocycles. The van der Waals surface area contributed by atoms with E-state index in [4.69, 9.17) is 15.5 Å². The molecule has 0 amide bonds. The van der Waals surface area contributed by atoms with Crippen LogP contribution >= 0.6 is 20.2 Å². The van der Waals surface area contributed by atoms with E-state index in [0.29, 0.717) is 6.42 Å². The molecule has 1 unspecified atom stereocenters. The van der Waals surface area contributed by atoms with E-state index >= 15 is 0 Å². The van der Waals surface area contributed by atoms with Crippen molar-refractivity contribution in [2.45, 2.75) is 43.9 Å². The second kappa shape index (κ2) is 5.52. The van der Waals surface area contributed by atoms with Crippen molar-refractivity contribution in [2.75, 3.05) is 6.16 Å². The molecule has 14 heavy (non-hydrogen) atoms. The van der Waals surface area contributed by atoms with E-state index in [-0.39, 0.29) is 17.0 Å². The van der Waals surface area contributed by atoms with Crippen molar-refractivity contribution >= 4 is 20.2 Å². The molecule has 0 aromatic rings. The van der Waals surface area contributed by atoms with Crippen LogP contribution in [0.3, 0.4) is 0 Å². The van der Waals surface area contributed by atoms with E-state index in [1.807, 2.05) is 13.8 Å². The van der Waals surface area contributed by atoms with Gasteiger partial charge in [0.05, 0.1) is 0 Å². The van der Waals surface area contributed by atoms with Crippen LogP contribution in [0.15, 0.2) is 0 Å². The third-order valence-corrected chi connectivity index (χ3v) is 3.35. The van der Waals surface area contributed by atoms with Crippen molar-refractivity contribution in [2.24, 2.45) is 5.73 Å². The summed E-state index contributed by atoms with van der Waals surface area (Å²) in [4.78, 5) is 17.2. The minimum Gasteiger partial charge on any atom is -0.326 e. The van der Waals surface area contributed by atoms with Crippen LogP contribution in [-0.4, -0.2) is 26.7 Å². The summed E-state index contributed by atoms with van der Waals surface area (Å²) in [5.41, 5.74) is 5.83. The van der Waals surface area contributed by atoms with E-state index < -0.39 is 7.60 Å². The lowest BCUT2D eigenvalue weighted by molar-refractivity contribution is 0.369. The lowest BCUT2D eigenvalue weighted by atomic mass is 9.99. The summed E-state index contributed by atoms with van der Waals surface area (Å²) in [6.45, 7) is 3.87. The minimum atomic E-state index is -3.83. The minimum absolute atomic E-state index is 0.0393. The third kappa shape index (κ3) is 7.83. The summed E-state index contributed by atoms with van der Waals surface area (Å²) in [5, 5.41) is 0. The standard InChI is InChI=1S/C8H20NO3PS/c1-8(2,14)7(9)5-3-4-6-13(10,11)12/h7,14H,3-6,9H2,1-2H3,(H2,10,11,12). The average Bonchev–Trinajstić information content (AvgIpc) is 1.93. The molecule has 1 atom stereocenters. The summed E-state index contributed by atoms with van der Waals surface area (Å²) < 4.78 is 10.3. The van der Waals surface area contributed by atoms with Gasteiger partial charge in [-0.25, -0.2) is 0 Å². The number of hydrogen-bond donors (Lipinski definition) is 4. The molecule has 0 aromatic heterocycles. The van der Waals surface area contributed by atoms with Gasteiger partial charge < -0.3 is 15.5 Å². The Balaban J connectivity index is 3.61. The number of nitrogens with two attached hydrogens (primary N) is 1. The molecule has 6 heteroatoms. The smallest absolute Gasteiger partial charge is 0.325 e. The number of hydrogen-bond acceptors (Lipinski definition) is 3. The van der Waals surface area contributed by atoms with Gasteiger partial charge >= 0.3 is 7.60 Å². The molecule has 0 saturated heterocycles. The molecular formula is C8H20NO3PS. The Bertz CT molecular complexity index is 211. The lowest BCUT2D eigenvalue weighted by Crippen LogP contribution is -2.38. The Labute approximate surface area is 90.8 Å². The van der Waals surface area contributed by atoms with Crippen molar-refractivity contribution in [1.29, 1.82) is 0 Å². The summed E-state index contributed by atoms with van der Waals surface area (Å²) in [6, 6.07) is -0.0393. The molecule has 0 saturated carbocycles. The lowest BCUT2D eigenvalue weighted by Gasteiger charge is -2.25. The Morgan fingerprint density at radius 1 is 1.43 bits per heavy atom. The van der Waals surface area contributed by atoms with Crippen LogP contribution in [-0.2, 0) is 4.57 Å². The largest absolute Gasteiger partial charge is 0.326 e. The zero-order valence-corrected chi connectivity index (χ0v) is 10.5. The molecule has 0 fully saturated rings. The molecule has 0 aliphatic heterocycles. The Morgan fingerprint density at radius 2 is 1.93 bits per heavy atom. The normalized spacial score (nSPS) is 15.6. The van der Waals surface area contributed by atoms with Gasteiger partial charge in [0, 0.05) is 17.0 Å². The van der Waals surface area contributed by atoms with Crippen LogP contribution in [0.1, 0.15) is 33.1 Å². The van der Waals surface area contributed by atoms with E-state index in [2.05, 4.69) is 12.6 Å². The Hall–Kier alpha value is 0.460. The summed E-state index contributed by atoms with van der Waals surface area (Å²) >= 11 is 4.33. The highest BCUT2D eigenvalue weighted by Gasteiger charge is 2.21. The zero-order valence-electron chi connectivity index (χ0n) is 8.68. The molecule has 0 spiro atoms. The third-order valence-electron chi connectivity index (χ3n) is 2.12. The maximum Gasteiger partial charge on any atom is 0.325 e. The van der Waals surface area contributed by atoms with Crippen LogP contribution in [0.25, 0.3) is 0 Å². The first-order valence-electron chi connectivity index (χ1n) is 4.65. The van der Waals surface area contributed by atoms with E-state index in [9.17, 15) is 4.57 Å². The molecule has 4 N–H and O–H groups in total. The monoisotopic (exact) mass is 241 g/mol. The second-order valence-corrected chi connectivity index (χ2v) is 7.07. The van der Waals surface area contributed by atoms with Gasteiger partial charge in [-0.2, -0.15) is 12.6 Å². The van der Waals surface area contributed by atoms with Crippen molar-refractivity contribution in [3.63, 3.8) is 0 Å². The van der Waals surface area contributed by atoms with Crippen LogP contribution in [0.5, 0.6) is 0 Å². The fourth-order valence-corrected chi connectivity index (χ4v) is 1.80. The second-order valence-electron chi connectivity index (χ2n) is 4.14. The maximum absolute atomic E-state index is 10.5. The first-order valence-corrected chi connectivity index (χ1v) is 6.90. The van der Waals surface area contributed by atoms with Gasteiger partial charge in [0.25, 0.3) is 0 Å². The van der Waals surface area contributed by atoms with Gasteiger partial charge in [-0.05, 0) is 26.7 Å². The van der Waals surface area contributed by atoms with E-state index in [0.717, 1.165) is 12.8 Å². The van der Waals surface area contributed by atoms with Gasteiger partial charge in [0.1, 0.15) is 0 Å². The van der Waals surface area contributed by atoms with Gasteiger partial charge in [0.15, 0.2) is 0 Å². The number of unbranched alkanes of at least 4 members (excludes halogenated alkanes) is 1. The SMILES string of the molecule is CC(C)(S)C(N)CCCCP(=O)(O)O. The first-order chi connectivity index (χ1) is 6.13. The summed E-state index contributed by atoms with van der Waals surface area (Å²) in [7, 11) is -3.83. The highest BCUT2D eigenvalue weighted by atomic mass is 32.1. The topological polar surface area (TPSA) is 83.6 Å². The maximum atomic E-state index is 10.5. The van der Waals surface area contributed by atoms with Crippen molar-refractivity contribution in [3.05, 3.63) is 0 Å². The zero-order chi connectivity index (χ0) is 11.4. The van der Waals surface area contributed by atoms with Crippen molar-refractivity contribution in [1.82, 2.24) is 0 Å². The number of rotatable bonds is 6. The van der Waals surface area contributed by atoms with Gasteiger partial charge in [-0.15, -0.1) is 0 Å². The summed E-state index contributed by atoms with van der Waals surface area (Å²) in [5.74, 6) is 0. The van der Waals surface area contributed by atoms with Crippen LogP contribution in [0, 0.1) is 0 Å². The fraction of sp³-hybridized carbons (Fsp3) is 1.00.